The van der Waals surface area contributed by atoms with Gasteiger partial charge in [0.1, 0.15) is 0 Å². The first-order valence-electron chi connectivity index (χ1n) is 7.19. The van der Waals surface area contributed by atoms with Crippen molar-refractivity contribution in [3.63, 3.8) is 0 Å². The molecule has 0 spiro atoms. The monoisotopic (exact) mass is 298 g/mol. The molecule has 1 atom stereocenters. The summed E-state index contributed by atoms with van der Waals surface area (Å²) in [5.41, 5.74) is 1.39. The molecule has 5 nitrogen and oxygen atoms in total. The first kappa shape index (κ1) is 15.7. The summed E-state index contributed by atoms with van der Waals surface area (Å²) in [7, 11) is 0. The van der Waals surface area contributed by atoms with E-state index in [4.69, 9.17) is 0 Å². The van der Waals surface area contributed by atoms with Crippen molar-refractivity contribution >= 4 is 11.6 Å². The van der Waals surface area contributed by atoms with Gasteiger partial charge in [0.15, 0.2) is 0 Å². The van der Waals surface area contributed by atoms with E-state index in [0.29, 0.717) is 12.1 Å². The van der Waals surface area contributed by atoms with E-state index in [2.05, 4.69) is 12.2 Å². The lowest BCUT2D eigenvalue weighted by Crippen LogP contribution is -2.28. The molecule has 0 saturated carbocycles. The number of amides is 1. The van der Waals surface area contributed by atoms with Crippen molar-refractivity contribution in [2.24, 2.45) is 0 Å². The Bertz CT molecular complexity index is 656. The van der Waals surface area contributed by atoms with Crippen molar-refractivity contribution in [3.05, 3.63) is 75.8 Å². The molecule has 22 heavy (non-hydrogen) atoms. The molecule has 2 aromatic carbocycles. The molecule has 2 rings (SSSR count). The SMILES string of the molecule is CC[C@@H](CNC(=O)c1cccc([N+](=O)[O-])c1)c1ccccc1. The molecule has 2 aromatic rings. The number of nitrogens with one attached hydrogen (secondary N) is 1. The van der Waals surface area contributed by atoms with Crippen LogP contribution in [0.5, 0.6) is 0 Å². The summed E-state index contributed by atoms with van der Waals surface area (Å²) >= 11 is 0. The molecule has 0 fully saturated rings. The molecule has 0 heterocycles. The Kier molecular flexibility index (Phi) is 5.25. The largest absolute Gasteiger partial charge is 0.351 e. The van der Waals surface area contributed by atoms with Crippen molar-refractivity contribution in [2.45, 2.75) is 19.3 Å². The molecule has 0 radical (unpaired) electrons. The van der Waals surface area contributed by atoms with E-state index in [1.54, 1.807) is 6.07 Å². The molecular weight excluding hydrogens is 280 g/mol. The summed E-state index contributed by atoms with van der Waals surface area (Å²) in [6.07, 6.45) is 0.902. The summed E-state index contributed by atoms with van der Waals surface area (Å²) in [5.74, 6) is -0.0677. The van der Waals surface area contributed by atoms with Crippen LogP contribution in [-0.2, 0) is 0 Å². The maximum atomic E-state index is 12.1. The Hall–Kier alpha value is -2.69. The van der Waals surface area contributed by atoms with Gasteiger partial charge in [0.2, 0.25) is 0 Å². The fraction of sp³-hybridized carbons (Fsp3) is 0.235. The number of rotatable bonds is 6. The van der Waals surface area contributed by atoms with Crippen LogP contribution in [0.2, 0.25) is 0 Å². The van der Waals surface area contributed by atoms with Crippen molar-refractivity contribution in [1.82, 2.24) is 5.32 Å². The molecule has 5 heteroatoms. The van der Waals surface area contributed by atoms with Crippen molar-refractivity contribution in [2.75, 3.05) is 6.54 Å². The topological polar surface area (TPSA) is 72.2 Å². The third kappa shape index (κ3) is 3.91. The zero-order valence-corrected chi connectivity index (χ0v) is 12.4. The van der Waals surface area contributed by atoms with E-state index >= 15 is 0 Å². The van der Waals surface area contributed by atoms with Crippen molar-refractivity contribution < 1.29 is 9.72 Å². The minimum atomic E-state index is -0.504. The lowest BCUT2D eigenvalue weighted by Gasteiger charge is -2.16. The van der Waals surface area contributed by atoms with Crippen molar-refractivity contribution in [1.29, 1.82) is 0 Å². The van der Waals surface area contributed by atoms with Gasteiger partial charge in [0.05, 0.1) is 4.92 Å². The van der Waals surface area contributed by atoms with Crippen LogP contribution in [0.1, 0.15) is 35.2 Å². The Morgan fingerprint density at radius 2 is 1.91 bits per heavy atom. The Balaban J connectivity index is 2.03. The highest BCUT2D eigenvalue weighted by molar-refractivity contribution is 5.94. The first-order chi connectivity index (χ1) is 10.6. The van der Waals surface area contributed by atoms with Crippen LogP contribution in [0.15, 0.2) is 54.6 Å². The van der Waals surface area contributed by atoms with E-state index in [0.717, 1.165) is 6.42 Å². The van der Waals surface area contributed by atoms with Gasteiger partial charge < -0.3 is 5.32 Å². The van der Waals surface area contributed by atoms with Gasteiger partial charge in [-0.05, 0) is 18.1 Å². The van der Waals surface area contributed by atoms with Crippen molar-refractivity contribution in [3.8, 4) is 0 Å². The summed E-state index contributed by atoms with van der Waals surface area (Å²) in [4.78, 5) is 22.4. The van der Waals surface area contributed by atoms with Gasteiger partial charge in [0.25, 0.3) is 11.6 Å². The lowest BCUT2D eigenvalue weighted by molar-refractivity contribution is -0.384. The van der Waals surface area contributed by atoms with Gasteiger partial charge in [-0.2, -0.15) is 0 Å². The van der Waals surface area contributed by atoms with Crippen LogP contribution in [0.3, 0.4) is 0 Å². The molecule has 0 saturated heterocycles. The average molecular weight is 298 g/mol. The second-order valence-corrected chi connectivity index (χ2v) is 5.03. The molecule has 114 valence electrons. The maximum absolute atomic E-state index is 12.1. The normalized spacial score (nSPS) is 11.7. The summed E-state index contributed by atoms with van der Waals surface area (Å²) in [6, 6.07) is 15.7. The number of hydrogen-bond acceptors (Lipinski definition) is 3. The number of non-ortho nitro benzene ring substituents is 1. The highest BCUT2D eigenvalue weighted by atomic mass is 16.6. The van der Waals surface area contributed by atoms with Gasteiger partial charge in [-0.25, -0.2) is 0 Å². The summed E-state index contributed by atoms with van der Waals surface area (Å²) in [6.45, 7) is 2.57. The molecule has 1 N–H and O–H groups in total. The van der Waals surface area contributed by atoms with E-state index in [1.165, 1.54) is 23.8 Å². The standard InChI is InChI=1S/C17H18N2O3/c1-2-13(14-7-4-3-5-8-14)12-18-17(20)15-9-6-10-16(11-15)19(21)22/h3-11,13H,2,12H2,1H3,(H,18,20)/t13-/m0/s1. The van der Waals surface area contributed by atoms with E-state index in [1.807, 2.05) is 30.3 Å². The number of carbonyl (C=O) groups is 1. The quantitative estimate of drug-likeness (QED) is 0.655. The van der Waals surface area contributed by atoms with Crippen LogP contribution < -0.4 is 5.32 Å². The molecule has 0 bridgehead atoms. The van der Waals surface area contributed by atoms with Gasteiger partial charge in [-0.15, -0.1) is 0 Å². The van der Waals surface area contributed by atoms with Crippen LogP contribution in [0.4, 0.5) is 5.69 Å². The lowest BCUT2D eigenvalue weighted by atomic mass is 9.96. The minimum Gasteiger partial charge on any atom is -0.351 e. The summed E-state index contributed by atoms with van der Waals surface area (Å²) in [5, 5.41) is 13.6. The molecule has 0 aliphatic heterocycles. The molecule has 0 aliphatic rings. The van der Waals surface area contributed by atoms with Crippen LogP contribution in [0.25, 0.3) is 0 Å². The third-order valence-corrected chi connectivity index (χ3v) is 3.59. The maximum Gasteiger partial charge on any atom is 0.270 e. The molecular formula is C17H18N2O3. The van der Waals surface area contributed by atoms with E-state index < -0.39 is 4.92 Å². The first-order valence-corrected chi connectivity index (χ1v) is 7.19. The van der Waals surface area contributed by atoms with Crippen LogP contribution >= 0.6 is 0 Å². The van der Waals surface area contributed by atoms with Gasteiger partial charge >= 0.3 is 0 Å². The number of nitro groups is 1. The number of hydrogen-bond donors (Lipinski definition) is 1. The number of benzene rings is 2. The van der Waals surface area contributed by atoms with E-state index in [9.17, 15) is 14.9 Å². The zero-order chi connectivity index (χ0) is 15.9. The fourth-order valence-corrected chi connectivity index (χ4v) is 2.30. The Morgan fingerprint density at radius 1 is 1.18 bits per heavy atom. The number of nitro benzene ring substituents is 1. The third-order valence-electron chi connectivity index (χ3n) is 3.59. The smallest absolute Gasteiger partial charge is 0.270 e. The molecule has 0 aliphatic carbocycles. The molecule has 0 aromatic heterocycles. The molecule has 0 unspecified atom stereocenters. The van der Waals surface area contributed by atoms with Gasteiger partial charge in [-0.1, -0.05) is 43.3 Å². The summed E-state index contributed by atoms with van der Waals surface area (Å²) < 4.78 is 0. The van der Waals surface area contributed by atoms with Gasteiger partial charge in [0, 0.05) is 30.2 Å². The Morgan fingerprint density at radius 3 is 2.55 bits per heavy atom. The van der Waals surface area contributed by atoms with E-state index in [-0.39, 0.29) is 17.5 Å². The molecule has 1 amide bonds. The second-order valence-electron chi connectivity index (χ2n) is 5.03. The zero-order valence-electron chi connectivity index (χ0n) is 12.4. The Labute approximate surface area is 129 Å². The van der Waals surface area contributed by atoms with Crippen LogP contribution in [-0.4, -0.2) is 17.4 Å². The predicted octanol–water partition coefficient (Wildman–Crippen LogP) is 3.52. The van der Waals surface area contributed by atoms with Gasteiger partial charge in [-0.3, -0.25) is 14.9 Å². The fourth-order valence-electron chi connectivity index (χ4n) is 2.30. The number of carbonyl (C=O) groups excluding carboxylic acids is 1. The predicted molar refractivity (Wildman–Crippen MR) is 84.9 cm³/mol. The second kappa shape index (κ2) is 7.36. The minimum absolute atomic E-state index is 0.0808. The average Bonchev–Trinajstić information content (AvgIpc) is 2.56. The number of nitrogens with zero attached hydrogens (tertiary/aromatic N) is 1. The van der Waals surface area contributed by atoms with Crippen LogP contribution in [0, 0.1) is 10.1 Å². The highest BCUT2D eigenvalue weighted by Crippen LogP contribution is 2.18. The highest BCUT2D eigenvalue weighted by Gasteiger charge is 2.14.